The Morgan fingerprint density at radius 2 is 1.06 bits per heavy atom. The lowest BCUT2D eigenvalue weighted by molar-refractivity contribution is -0.154. The number of aliphatic hydroxyl groups is 2. The van der Waals surface area contributed by atoms with E-state index in [4.69, 9.17) is 23.6 Å². The third-order valence-electron chi connectivity index (χ3n) is 8.38. The Hall–Kier alpha value is -2.10. The molecule has 10 heteroatoms. The number of carbonyl (C=O) groups excluding carboxylic acids is 1. The van der Waals surface area contributed by atoms with Crippen molar-refractivity contribution in [3.63, 3.8) is 0 Å². The van der Waals surface area contributed by atoms with Crippen molar-refractivity contribution in [3.05, 3.63) is 72.9 Å². The molecule has 0 rings (SSSR count). The molecule has 0 aromatic carbocycles. The first kappa shape index (κ1) is 51.9. The monoisotopic (exact) mass is 781 g/mol. The molecule has 0 saturated heterocycles. The quantitative estimate of drug-likeness (QED) is 0.0241. The van der Waals surface area contributed by atoms with Gasteiger partial charge < -0.3 is 24.6 Å². The Kier molecular flexibility index (Phi) is 39.0. The zero-order chi connectivity index (χ0) is 39.6. The highest BCUT2D eigenvalue weighted by molar-refractivity contribution is 7.47. The lowest BCUT2D eigenvalue weighted by atomic mass is 10.1. The molecule has 0 aliphatic heterocycles. The van der Waals surface area contributed by atoms with Gasteiger partial charge in [-0.3, -0.25) is 13.8 Å². The maximum Gasteiger partial charge on any atom is 0.472 e. The fourth-order valence-electron chi connectivity index (χ4n) is 5.20. The molecular formula is C44H77O9P. The molecule has 3 unspecified atom stereocenters. The molecule has 0 saturated carbocycles. The second-order valence-electron chi connectivity index (χ2n) is 13.6. The van der Waals surface area contributed by atoms with E-state index >= 15 is 0 Å². The number of aliphatic hydroxyl groups excluding tert-OH is 2. The summed E-state index contributed by atoms with van der Waals surface area (Å²) in [5, 5.41) is 18.3. The fraction of sp³-hybridized carbons (Fsp3) is 0.705. The van der Waals surface area contributed by atoms with E-state index in [1.807, 2.05) is 0 Å². The van der Waals surface area contributed by atoms with Crippen molar-refractivity contribution in [2.24, 2.45) is 0 Å². The van der Waals surface area contributed by atoms with E-state index in [9.17, 15) is 19.4 Å². The number of hydrogen-bond acceptors (Lipinski definition) is 8. The number of ether oxygens (including phenoxy) is 2. The van der Waals surface area contributed by atoms with Crippen LogP contribution in [0.3, 0.4) is 0 Å². The fourth-order valence-corrected chi connectivity index (χ4v) is 5.99. The van der Waals surface area contributed by atoms with Gasteiger partial charge in [-0.05, 0) is 83.5 Å². The van der Waals surface area contributed by atoms with Gasteiger partial charge in [-0.15, -0.1) is 0 Å². The molecule has 0 radical (unpaired) electrons. The normalized spacial score (nSPS) is 14.8. The Balaban J connectivity index is 4.28. The van der Waals surface area contributed by atoms with Gasteiger partial charge >= 0.3 is 13.8 Å². The number of phosphoric ester groups is 1. The lowest BCUT2D eigenvalue weighted by Crippen LogP contribution is -2.29. The number of esters is 1. The van der Waals surface area contributed by atoms with Gasteiger partial charge in [-0.1, -0.05) is 138 Å². The lowest BCUT2D eigenvalue weighted by Gasteiger charge is -2.20. The molecule has 0 fully saturated rings. The van der Waals surface area contributed by atoms with E-state index in [1.165, 1.54) is 44.9 Å². The highest BCUT2D eigenvalue weighted by atomic mass is 31.2. The molecule has 9 nitrogen and oxygen atoms in total. The van der Waals surface area contributed by atoms with Crippen molar-refractivity contribution in [2.75, 3.05) is 33.0 Å². The molecule has 0 aliphatic rings. The van der Waals surface area contributed by atoms with E-state index in [2.05, 4.69) is 86.8 Å². The summed E-state index contributed by atoms with van der Waals surface area (Å²) in [5.74, 6) is -0.413. The van der Waals surface area contributed by atoms with E-state index in [-0.39, 0.29) is 13.0 Å². The molecule has 0 bridgehead atoms. The molecule has 3 atom stereocenters. The molecular weight excluding hydrogens is 703 g/mol. The van der Waals surface area contributed by atoms with Crippen LogP contribution in [0.1, 0.15) is 155 Å². The van der Waals surface area contributed by atoms with Crippen molar-refractivity contribution in [1.29, 1.82) is 0 Å². The van der Waals surface area contributed by atoms with Gasteiger partial charge in [0.2, 0.25) is 0 Å². The van der Waals surface area contributed by atoms with E-state index in [1.54, 1.807) is 0 Å². The molecule has 312 valence electrons. The molecule has 54 heavy (non-hydrogen) atoms. The van der Waals surface area contributed by atoms with Crippen LogP contribution < -0.4 is 0 Å². The van der Waals surface area contributed by atoms with Gasteiger partial charge in [-0.2, -0.15) is 0 Å². The van der Waals surface area contributed by atoms with Gasteiger partial charge in [0, 0.05) is 13.0 Å². The van der Waals surface area contributed by atoms with Crippen LogP contribution in [0.15, 0.2) is 72.9 Å². The number of hydrogen-bond donors (Lipinski definition) is 3. The number of unbranched alkanes of at least 4 members (excludes halogenated alkanes) is 13. The minimum absolute atomic E-state index is 0.0279. The standard InChI is InChI=1S/C44H77O9P/c1-3-5-7-9-11-13-15-17-19-21-22-24-26-28-30-32-34-36-44(47)53-43(41-52-54(48,49)51-39-42(46)38-45)40-50-37-35-33-31-29-27-25-23-20-18-16-14-12-10-8-6-4-2/h5,7,11-14,17-20,22,24,42-43,45-46H,3-4,6,8-10,15-16,21,23,25-41H2,1-2H3,(H,48,49)/b7-5-,13-11-,14-12-,19-17-,20-18-,24-22-. The maximum absolute atomic E-state index is 12.6. The predicted molar refractivity (Wildman–Crippen MR) is 223 cm³/mol. The van der Waals surface area contributed by atoms with Gasteiger partial charge in [0.15, 0.2) is 0 Å². The number of carbonyl (C=O) groups is 1. The predicted octanol–water partition coefficient (Wildman–Crippen LogP) is 11.4. The van der Waals surface area contributed by atoms with Gasteiger partial charge in [0.05, 0.1) is 26.4 Å². The van der Waals surface area contributed by atoms with Gasteiger partial charge in [0.25, 0.3) is 0 Å². The average Bonchev–Trinajstić information content (AvgIpc) is 3.16. The first-order valence-corrected chi connectivity index (χ1v) is 22.4. The van der Waals surface area contributed by atoms with Crippen molar-refractivity contribution < 1.29 is 43.0 Å². The first-order valence-electron chi connectivity index (χ1n) is 20.9. The van der Waals surface area contributed by atoms with Gasteiger partial charge in [-0.25, -0.2) is 4.57 Å². The molecule has 0 heterocycles. The van der Waals surface area contributed by atoms with E-state index < -0.39 is 45.8 Å². The summed E-state index contributed by atoms with van der Waals surface area (Å²) in [6.07, 6.45) is 47.1. The second kappa shape index (κ2) is 40.6. The molecule has 0 spiro atoms. The van der Waals surface area contributed by atoms with Crippen molar-refractivity contribution in [1.82, 2.24) is 0 Å². The highest BCUT2D eigenvalue weighted by Crippen LogP contribution is 2.43. The molecule has 0 aromatic heterocycles. The maximum atomic E-state index is 12.6. The minimum Gasteiger partial charge on any atom is -0.457 e. The van der Waals surface area contributed by atoms with Crippen LogP contribution in [0.5, 0.6) is 0 Å². The van der Waals surface area contributed by atoms with Crippen LogP contribution in [0, 0.1) is 0 Å². The number of allylic oxidation sites excluding steroid dienone is 12. The molecule has 0 aromatic rings. The topological polar surface area (TPSA) is 132 Å². The zero-order valence-corrected chi connectivity index (χ0v) is 34.8. The minimum atomic E-state index is -4.53. The summed E-state index contributed by atoms with van der Waals surface area (Å²) >= 11 is 0. The van der Waals surface area contributed by atoms with Crippen LogP contribution >= 0.6 is 7.82 Å². The van der Waals surface area contributed by atoms with Gasteiger partial charge in [0.1, 0.15) is 12.2 Å². The second-order valence-corrected chi connectivity index (χ2v) is 15.1. The van der Waals surface area contributed by atoms with E-state index in [0.29, 0.717) is 13.0 Å². The molecule has 0 amide bonds. The highest BCUT2D eigenvalue weighted by Gasteiger charge is 2.26. The summed E-state index contributed by atoms with van der Waals surface area (Å²) in [7, 11) is -4.53. The Morgan fingerprint density at radius 1 is 0.593 bits per heavy atom. The first-order chi connectivity index (χ1) is 26.3. The average molecular weight is 781 g/mol. The van der Waals surface area contributed by atoms with Crippen LogP contribution in [0.2, 0.25) is 0 Å². The largest absolute Gasteiger partial charge is 0.472 e. The van der Waals surface area contributed by atoms with Crippen LogP contribution in [-0.4, -0.2) is 66.3 Å². The SMILES string of the molecule is CC/C=C\C/C=C\C/C=C\C/C=C\CCCCCCC(=O)OC(COCCCCCCCC/C=C\C/C=C\CCCCC)COP(=O)(O)OCC(O)CO. The zero-order valence-electron chi connectivity index (χ0n) is 33.9. The summed E-state index contributed by atoms with van der Waals surface area (Å²) in [5.41, 5.74) is 0. The molecule has 0 aliphatic carbocycles. The molecule has 3 N–H and O–H groups in total. The smallest absolute Gasteiger partial charge is 0.457 e. The third kappa shape index (κ3) is 39.6. The van der Waals surface area contributed by atoms with Crippen molar-refractivity contribution in [2.45, 2.75) is 167 Å². The Morgan fingerprint density at radius 3 is 1.59 bits per heavy atom. The number of phosphoric acid groups is 1. The summed E-state index contributed by atoms with van der Waals surface area (Å²) in [4.78, 5) is 22.5. The third-order valence-corrected chi connectivity index (χ3v) is 9.33. The van der Waals surface area contributed by atoms with Crippen molar-refractivity contribution in [3.8, 4) is 0 Å². The summed E-state index contributed by atoms with van der Waals surface area (Å²) in [6.45, 7) is 3.30. The van der Waals surface area contributed by atoms with Crippen LogP contribution in [0.25, 0.3) is 0 Å². The van der Waals surface area contributed by atoms with Crippen LogP contribution in [-0.2, 0) is 27.9 Å². The van der Waals surface area contributed by atoms with Crippen molar-refractivity contribution >= 4 is 13.8 Å². The van der Waals surface area contributed by atoms with E-state index in [0.717, 1.165) is 83.5 Å². The number of rotatable bonds is 39. The summed E-state index contributed by atoms with van der Waals surface area (Å²) < 4.78 is 33.3. The Labute approximate surface area is 329 Å². The summed E-state index contributed by atoms with van der Waals surface area (Å²) in [6, 6.07) is 0. The Bertz CT molecular complexity index is 1070. The van der Waals surface area contributed by atoms with Crippen LogP contribution in [0.4, 0.5) is 0 Å².